The number of unbranched alkanes of at least 4 members (excludes halogenated alkanes) is 1. The molecular weight excluding hydrogens is 366 g/mol. The van der Waals surface area contributed by atoms with Gasteiger partial charge in [0.25, 0.3) is 5.91 Å². The number of benzene rings is 1. The molecule has 2 aromatic rings. The van der Waals surface area contributed by atoms with Gasteiger partial charge in [-0.15, -0.1) is 0 Å². The van der Waals surface area contributed by atoms with Gasteiger partial charge in [-0.1, -0.05) is 19.4 Å². The first-order chi connectivity index (χ1) is 13.8. The van der Waals surface area contributed by atoms with Crippen molar-refractivity contribution in [1.82, 2.24) is 4.57 Å². The van der Waals surface area contributed by atoms with E-state index in [2.05, 4.69) is 16.8 Å². The van der Waals surface area contributed by atoms with Crippen LogP contribution in [0.5, 0.6) is 0 Å². The molecule has 1 aromatic heterocycles. The highest BCUT2D eigenvalue weighted by atomic mass is 16.5. The van der Waals surface area contributed by atoms with Crippen LogP contribution in [0.1, 0.15) is 52.6 Å². The highest BCUT2D eigenvalue weighted by Gasteiger charge is 2.15. The van der Waals surface area contributed by atoms with Crippen molar-refractivity contribution in [2.75, 3.05) is 12.4 Å². The summed E-state index contributed by atoms with van der Waals surface area (Å²) in [4.78, 5) is 24.4. The van der Waals surface area contributed by atoms with E-state index in [1.54, 1.807) is 24.3 Å². The minimum Gasteiger partial charge on any atom is -0.465 e. The number of nitriles is 1. The molecular formula is C23H27N3O3. The number of nitrogens with zero attached hydrogens (tertiary/aromatic N) is 2. The third kappa shape index (κ3) is 5.14. The highest BCUT2D eigenvalue weighted by molar-refractivity contribution is 6.10. The predicted molar refractivity (Wildman–Crippen MR) is 114 cm³/mol. The average molecular weight is 393 g/mol. The van der Waals surface area contributed by atoms with Crippen molar-refractivity contribution in [2.45, 2.75) is 47.1 Å². The predicted octanol–water partition coefficient (Wildman–Crippen LogP) is 4.55. The molecule has 0 saturated carbocycles. The molecule has 0 atom stereocenters. The molecule has 2 rings (SSSR count). The number of hydrogen-bond donors (Lipinski definition) is 1. The second kappa shape index (κ2) is 9.74. The zero-order chi connectivity index (χ0) is 21.6. The molecule has 152 valence electrons. The van der Waals surface area contributed by atoms with E-state index >= 15 is 0 Å². The van der Waals surface area contributed by atoms with Gasteiger partial charge in [0.15, 0.2) is 0 Å². The summed E-state index contributed by atoms with van der Waals surface area (Å²) in [7, 11) is 1.30. The van der Waals surface area contributed by atoms with Gasteiger partial charge in [-0.25, -0.2) is 4.79 Å². The van der Waals surface area contributed by atoms with E-state index in [4.69, 9.17) is 4.74 Å². The first kappa shape index (κ1) is 22.0. The van der Waals surface area contributed by atoms with E-state index in [1.807, 2.05) is 32.9 Å². The summed E-state index contributed by atoms with van der Waals surface area (Å²) >= 11 is 0. The molecule has 0 bridgehead atoms. The van der Waals surface area contributed by atoms with Gasteiger partial charge in [0.2, 0.25) is 0 Å². The fraction of sp³-hybridized carbons (Fsp3) is 0.348. The Morgan fingerprint density at radius 1 is 1.24 bits per heavy atom. The smallest absolute Gasteiger partial charge is 0.337 e. The van der Waals surface area contributed by atoms with E-state index in [1.165, 1.54) is 7.11 Å². The van der Waals surface area contributed by atoms with E-state index in [0.717, 1.165) is 41.9 Å². The second-order valence-electron chi connectivity index (χ2n) is 6.98. The summed E-state index contributed by atoms with van der Waals surface area (Å²) in [6.07, 6.45) is 3.78. The maximum atomic E-state index is 12.7. The number of esters is 1. The molecule has 0 aliphatic rings. The average Bonchev–Trinajstić information content (AvgIpc) is 2.97. The monoisotopic (exact) mass is 393 g/mol. The molecule has 0 aliphatic heterocycles. The van der Waals surface area contributed by atoms with Gasteiger partial charge in [0.1, 0.15) is 11.6 Å². The molecule has 6 nitrogen and oxygen atoms in total. The Hall–Kier alpha value is -3.33. The van der Waals surface area contributed by atoms with Crippen molar-refractivity contribution in [3.05, 3.63) is 57.9 Å². The van der Waals surface area contributed by atoms with Crippen molar-refractivity contribution < 1.29 is 14.3 Å². The second-order valence-corrected chi connectivity index (χ2v) is 6.98. The zero-order valence-corrected chi connectivity index (χ0v) is 17.6. The Morgan fingerprint density at radius 2 is 1.97 bits per heavy atom. The lowest BCUT2D eigenvalue weighted by Gasteiger charge is -2.10. The summed E-state index contributed by atoms with van der Waals surface area (Å²) in [5.41, 5.74) is 4.56. The molecule has 0 spiro atoms. The van der Waals surface area contributed by atoms with Crippen molar-refractivity contribution in [1.29, 1.82) is 5.26 Å². The van der Waals surface area contributed by atoms with Gasteiger partial charge in [0, 0.05) is 23.6 Å². The van der Waals surface area contributed by atoms with Crippen LogP contribution in [0.2, 0.25) is 0 Å². The Balaban J connectivity index is 2.31. The van der Waals surface area contributed by atoms with Crippen molar-refractivity contribution >= 4 is 23.6 Å². The summed E-state index contributed by atoms with van der Waals surface area (Å²) in [6.45, 7) is 8.88. The molecule has 29 heavy (non-hydrogen) atoms. The SMILES string of the molecule is CCCCn1c(C)cc(/C=C(\C#N)C(=O)Nc2cc(C(=O)OC)ccc2C)c1C. The molecule has 1 aromatic carbocycles. The van der Waals surface area contributed by atoms with Gasteiger partial charge in [-0.3, -0.25) is 4.79 Å². The summed E-state index contributed by atoms with van der Waals surface area (Å²) in [6, 6.07) is 8.87. The third-order valence-electron chi connectivity index (χ3n) is 4.92. The summed E-state index contributed by atoms with van der Waals surface area (Å²) < 4.78 is 6.92. The van der Waals surface area contributed by atoms with E-state index in [-0.39, 0.29) is 5.57 Å². The van der Waals surface area contributed by atoms with E-state index in [0.29, 0.717) is 11.3 Å². The van der Waals surface area contributed by atoms with Crippen LogP contribution in [0.15, 0.2) is 29.8 Å². The number of ether oxygens (including phenoxy) is 1. The maximum absolute atomic E-state index is 12.7. The van der Waals surface area contributed by atoms with Crippen LogP contribution >= 0.6 is 0 Å². The summed E-state index contributed by atoms with van der Waals surface area (Å²) in [5, 5.41) is 12.3. The van der Waals surface area contributed by atoms with Crippen molar-refractivity contribution in [3.63, 3.8) is 0 Å². The number of carbonyl (C=O) groups excluding carboxylic acids is 2. The van der Waals surface area contributed by atoms with E-state index in [9.17, 15) is 14.9 Å². The molecule has 6 heteroatoms. The molecule has 1 heterocycles. The van der Waals surface area contributed by atoms with Gasteiger partial charge in [-0.2, -0.15) is 5.26 Å². The van der Waals surface area contributed by atoms with Crippen LogP contribution in [0.4, 0.5) is 5.69 Å². The number of rotatable bonds is 7. The normalized spacial score (nSPS) is 11.1. The highest BCUT2D eigenvalue weighted by Crippen LogP contribution is 2.21. The largest absolute Gasteiger partial charge is 0.465 e. The van der Waals surface area contributed by atoms with Crippen molar-refractivity contribution in [2.24, 2.45) is 0 Å². The number of nitrogens with one attached hydrogen (secondary N) is 1. The number of hydrogen-bond acceptors (Lipinski definition) is 4. The Kier molecular flexibility index (Phi) is 7.38. The molecule has 0 saturated heterocycles. The topological polar surface area (TPSA) is 84.1 Å². The van der Waals surface area contributed by atoms with Crippen molar-refractivity contribution in [3.8, 4) is 6.07 Å². The number of amides is 1. The minimum absolute atomic E-state index is 0.00335. The maximum Gasteiger partial charge on any atom is 0.337 e. The van der Waals surface area contributed by atoms with Gasteiger partial charge in [-0.05, 0) is 62.6 Å². The molecule has 0 fully saturated rings. The molecule has 1 N–H and O–H groups in total. The zero-order valence-electron chi connectivity index (χ0n) is 17.6. The molecule has 0 radical (unpaired) electrons. The van der Waals surface area contributed by atoms with Crippen LogP contribution in [0.25, 0.3) is 6.08 Å². The lowest BCUT2D eigenvalue weighted by molar-refractivity contribution is -0.112. The fourth-order valence-corrected chi connectivity index (χ4v) is 3.13. The van der Waals surface area contributed by atoms with Crippen LogP contribution in [-0.2, 0) is 16.1 Å². The first-order valence-electron chi connectivity index (χ1n) is 9.61. The Morgan fingerprint density at radius 3 is 2.59 bits per heavy atom. The third-order valence-corrected chi connectivity index (χ3v) is 4.92. The number of aromatic nitrogens is 1. The van der Waals surface area contributed by atoms with Crippen LogP contribution in [-0.4, -0.2) is 23.6 Å². The van der Waals surface area contributed by atoms with Gasteiger partial charge in [0.05, 0.1) is 12.7 Å². The number of carbonyl (C=O) groups is 2. The molecule has 0 unspecified atom stereocenters. The Labute approximate surface area is 171 Å². The lowest BCUT2D eigenvalue weighted by Crippen LogP contribution is -2.15. The van der Waals surface area contributed by atoms with Crippen LogP contribution in [0, 0.1) is 32.1 Å². The van der Waals surface area contributed by atoms with Gasteiger partial charge >= 0.3 is 5.97 Å². The molecule has 1 amide bonds. The lowest BCUT2D eigenvalue weighted by atomic mass is 10.1. The fourth-order valence-electron chi connectivity index (χ4n) is 3.13. The number of anilines is 1. The summed E-state index contributed by atoms with van der Waals surface area (Å²) in [5.74, 6) is -1.01. The molecule has 0 aliphatic carbocycles. The van der Waals surface area contributed by atoms with Crippen LogP contribution in [0.3, 0.4) is 0 Å². The minimum atomic E-state index is -0.518. The van der Waals surface area contributed by atoms with Gasteiger partial charge < -0.3 is 14.6 Å². The van der Waals surface area contributed by atoms with Crippen LogP contribution < -0.4 is 5.32 Å². The number of methoxy groups -OCH3 is 1. The van der Waals surface area contributed by atoms with E-state index < -0.39 is 11.9 Å². The quantitative estimate of drug-likeness (QED) is 0.425. The standard InChI is InChI=1S/C23H27N3O3/c1-6-7-10-26-16(3)11-19(17(26)4)12-20(14-24)22(27)25-21-13-18(23(28)29-5)9-8-15(21)2/h8-9,11-13H,6-7,10H2,1-5H3,(H,25,27)/b20-12+. The number of aryl methyl sites for hydroxylation is 2. The Bertz CT molecular complexity index is 994. The first-order valence-corrected chi connectivity index (χ1v) is 9.61.